The van der Waals surface area contributed by atoms with Crippen molar-refractivity contribution in [1.82, 2.24) is 19.6 Å². The number of esters is 8. The van der Waals surface area contributed by atoms with Crippen LogP contribution in [0.2, 0.25) is 0 Å². The van der Waals surface area contributed by atoms with E-state index in [2.05, 4.69) is 17.8 Å². The molecule has 4 amide bonds. The number of rotatable bonds is 28. The van der Waals surface area contributed by atoms with E-state index in [0.717, 1.165) is 66.6 Å². The zero-order valence-corrected chi connectivity index (χ0v) is 45.0. The molecule has 2 aliphatic rings. The van der Waals surface area contributed by atoms with E-state index < -0.39 is 149 Å². The van der Waals surface area contributed by atoms with Gasteiger partial charge in [0.15, 0.2) is 24.4 Å². The van der Waals surface area contributed by atoms with Crippen LogP contribution in [0.4, 0.5) is 9.59 Å². The second kappa shape index (κ2) is 30.0. The molecule has 0 radical (unpaired) electrons. The number of nitrogens with zero attached hydrogens (tertiary/aromatic N) is 4. The van der Waals surface area contributed by atoms with Crippen LogP contribution in [0.25, 0.3) is 0 Å². The maximum atomic E-state index is 15.3. The van der Waals surface area contributed by atoms with Crippen molar-refractivity contribution in [1.29, 1.82) is 0 Å². The van der Waals surface area contributed by atoms with Crippen molar-refractivity contribution < 1.29 is 85.8 Å². The standard InChI is InChI=1S/C58H62N4O18/c1-9-13-14-15-16-51(67)73-33-47(77-37(5)63)29-59-52-53(61(57(59)71)31-49(79-39(7)65)35-75-55(69)45-25-19-42(11-3)20-26-45)62(32-50(80-40(8)66)36-76-56(70)46-27-21-43(12-4)22-28-46)58(72)60(52)30-48(78-38(6)64)34-74-54(68)44-23-17-41(10-2)18-24-44/h2-4,17-28,47-50,52-53H,9,13-16,29-36H2,1,5-8H3. The van der Waals surface area contributed by atoms with E-state index in [-0.39, 0.29) is 23.1 Å². The Labute approximate surface area is 463 Å². The third-order valence-electron chi connectivity index (χ3n) is 12.2. The number of ether oxygens (including phenoxy) is 8. The summed E-state index contributed by atoms with van der Waals surface area (Å²) in [6.45, 7) is 1.33. The van der Waals surface area contributed by atoms with Crippen molar-refractivity contribution in [2.75, 3.05) is 52.6 Å². The molecule has 0 saturated carbocycles. The summed E-state index contributed by atoms with van der Waals surface area (Å²) in [5.74, 6) is 0.669. The zero-order valence-electron chi connectivity index (χ0n) is 45.0. The molecule has 3 aromatic carbocycles. The minimum Gasteiger partial charge on any atom is -0.462 e. The summed E-state index contributed by atoms with van der Waals surface area (Å²) in [7, 11) is 0. The first-order valence-corrected chi connectivity index (χ1v) is 25.5. The quantitative estimate of drug-likeness (QED) is 0.0407. The summed E-state index contributed by atoms with van der Waals surface area (Å²) in [5.41, 5.74) is 1.65. The predicted molar refractivity (Wildman–Crippen MR) is 281 cm³/mol. The number of fused-ring (bicyclic) bond motifs is 1. The van der Waals surface area contributed by atoms with Gasteiger partial charge >= 0.3 is 59.8 Å². The lowest BCUT2D eigenvalue weighted by Gasteiger charge is -2.34. The first kappa shape index (κ1) is 61.5. The summed E-state index contributed by atoms with van der Waals surface area (Å²) in [4.78, 5) is 139. The van der Waals surface area contributed by atoms with Gasteiger partial charge in [-0.05, 0) is 79.2 Å². The molecular formula is C58H62N4O18. The summed E-state index contributed by atoms with van der Waals surface area (Å²) >= 11 is 0. The van der Waals surface area contributed by atoms with E-state index in [1.807, 2.05) is 6.92 Å². The van der Waals surface area contributed by atoms with E-state index in [9.17, 15) is 38.4 Å². The van der Waals surface area contributed by atoms with Crippen molar-refractivity contribution in [3.05, 3.63) is 106 Å². The smallest absolute Gasteiger partial charge is 0.338 e. The van der Waals surface area contributed by atoms with Crippen LogP contribution in [0, 0.1) is 37.0 Å². The molecule has 2 fully saturated rings. The van der Waals surface area contributed by atoms with Crippen molar-refractivity contribution >= 4 is 59.8 Å². The number of amides is 4. The minimum absolute atomic E-state index is 0.0403. The normalized spacial score (nSPS) is 15.8. The molecule has 5 rings (SSSR count). The number of unbranched alkanes of at least 4 members (excludes halogenated alkanes) is 3. The fourth-order valence-electron chi connectivity index (χ4n) is 8.64. The molecular weight excluding hydrogens is 1040 g/mol. The molecule has 22 heteroatoms. The van der Waals surface area contributed by atoms with E-state index in [1.54, 1.807) is 0 Å². The monoisotopic (exact) mass is 1100 g/mol. The average molecular weight is 1100 g/mol. The molecule has 2 saturated heterocycles. The van der Waals surface area contributed by atoms with Crippen LogP contribution in [0.15, 0.2) is 72.8 Å². The number of hydrogen-bond acceptors (Lipinski definition) is 18. The maximum Gasteiger partial charge on any atom is 0.338 e. The van der Waals surface area contributed by atoms with Gasteiger partial charge in [0, 0.05) is 50.8 Å². The Bertz CT molecular complexity index is 2770. The molecule has 22 nitrogen and oxygen atoms in total. The second-order valence-corrected chi connectivity index (χ2v) is 18.4. The van der Waals surface area contributed by atoms with Crippen LogP contribution in [0.5, 0.6) is 0 Å². The Morgan fingerprint density at radius 3 is 0.963 bits per heavy atom. The summed E-state index contributed by atoms with van der Waals surface area (Å²) < 4.78 is 44.8. The number of carbonyl (C=O) groups is 10. The Morgan fingerprint density at radius 2 is 0.713 bits per heavy atom. The summed E-state index contributed by atoms with van der Waals surface area (Å²) in [6, 6.07) is 15.6. The van der Waals surface area contributed by atoms with E-state index in [1.165, 1.54) is 72.8 Å². The second-order valence-electron chi connectivity index (χ2n) is 18.4. The van der Waals surface area contributed by atoms with Crippen molar-refractivity contribution in [2.45, 2.75) is 103 Å². The van der Waals surface area contributed by atoms with Crippen LogP contribution < -0.4 is 0 Å². The number of hydrogen-bond donors (Lipinski definition) is 0. The largest absolute Gasteiger partial charge is 0.462 e. The van der Waals surface area contributed by atoms with Crippen LogP contribution in [-0.2, 0) is 61.9 Å². The molecule has 422 valence electrons. The first-order chi connectivity index (χ1) is 38.2. The fourth-order valence-corrected chi connectivity index (χ4v) is 8.64. The zero-order chi connectivity index (χ0) is 58.5. The van der Waals surface area contributed by atoms with Crippen LogP contribution in [0.1, 0.15) is 114 Å². The van der Waals surface area contributed by atoms with E-state index >= 15 is 9.59 Å². The SMILES string of the molecule is C#Cc1ccc(C(=O)OCC(CN2C(=O)N(CC(COC(=O)c3ccc(C#C)cc3)OC(C)=O)C3C2N(CC(COC(=O)CCCCCC)OC(C)=O)C(=O)N3CC(COC(=O)c2ccc(C#C)cc2)OC(C)=O)OC(C)=O)cc1. The van der Waals surface area contributed by atoms with Crippen molar-refractivity contribution in [3.63, 3.8) is 0 Å². The topological polar surface area (TPSA) is 257 Å². The summed E-state index contributed by atoms with van der Waals surface area (Å²) in [5, 5.41) is 0. The van der Waals surface area contributed by atoms with Gasteiger partial charge in [-0.3, -0.25) is 43.6 Å². The maximum absolute atomic E-state index is 15.3. The van der Waals surface area contributed by atoms with Gasteiger partial charge in [0.1, 0.15) is 38.8 Å². The van der Waals surface area contributed by atoms with Crippen LogP contribution in [-0.4, -0.2) is 169 Å². The molecule has 80 heavy (non-hydrogen) atoms. The third-order valence-corrected chi connectivity index (χ3v) is 12.2. The van der Waals surface area contributed by atoms with Crippen LogP contribution >= 0.6 is 0 Å². The predicted octanol–water partition coefficient (Wildman–Crippen LogP) is 4.87. The van der Waals surface area contributed by atoms with Gasteiger partial charge in [0.25, 0.3) is 0 Å². The van der Waals surface area contributed by atoms with Gasteiger partial charge in [-0.15, -0.1) is 19.3 Å². The van der Waals surface area contributed by atoms with Gasteiger partial charge < -0.3 is 37.9 Å². The Hall–Kier alpha value is -9.36. The molecule has 0 aromatic heterocycles. The summed E-state index contributed by atoms with van der Waals surface area (Å²) in [6.07, 6.45) is 10.7. The van der Waals surface area contributed by atoms with Crippen molar-refractivity contribution in [3.8, 4) is 37.0 Å². The molecule has 0 aliphatic carbocycles. The third kappa shape index (κ3) is 17.8. The molecule has 2 heterocycles. The molecule has 0 N–H and O–H groups in total. The lowest BCUT2D eigenvalue weighted by molar-refractivity contribution is -0.158. The fraction of sp³-hybridized carbons (Fsp3) is 0.414. The lowest BCUT2D eigenvalue weighted by Crippen LogP contribution is -2.53. The number of benzene rings is 3. The number of urea groups is 2. The average Bonchev–Trinajstić information content (AvgIpc) is 3.84. The lowest BCUT2D eigenvalue weighted by atomic mass is 10.1. The number of carbonyl (C=O) groups excluding carboxylic acids is 10. The molecule has 6 atom stereocenters. The minimum atomic E-state index is -1.53. The number of terminal acetylenes is 3. The Morgan fingerprint density at radius 1 is 0.438 bits per heavy atom. The Kier molecular flexibility index (Phi) is 23.0. The highest BCUT2D eigenvalue weighted by Crippen LogP contribution is 2.37. The van der Waals surface area contributed by atoms with Gasteiger partial charge in [0.2, 0.25) is 0 Å². The van der Waals surface area contributed by atoms with Crippen LogP contribution in [0.3, 0.4) is 0 Å². The van der Waals surface area contributed by atoms with Gasteiger partial charge in [0.05, 0.1) is 42.9 Å². The molecule has 0 spiro atoms. The van der Waals surface area contributed by atoms with Gasteiger partial charge in [-0.1, -0.05) is 43.9 Å². The highest BCUT2D eigenvalue weighted by Gasteiger charge is 2.61. The van der Waals surface area contributed by atoms with E-state index in [0.29, 0.717) is 23.1 Å². The van der Waals surface area contributed by atoms with Gasteiger partial charge in [-0.2, -0.15) is 0 Å². The highest BCUT2D eigenvalue weighted by molar-refractivity contribution is 5.91. The first-order valence-electron chi connectivity index (χ1n) is 25.5. The van der Waals surface area contributed by atoms with E-state index in [4.69, 9.17) is 57.2 Å². The molecule has 2 aliphatic heterocycles. The molecule has 3 aromatic rings. The van der Waals surface area contributed by atoms with Crippen molar-refractivity contribution in [2.24, 2.45) is 0 Å². The highest BCUT2D eigenvalue weighted by atomic mass is 16.6. The van der Waals surface area contributed by atoms with Gasteiger partial charge in [-0.25, -0.2) is 24.0 Å². The molecule has 6 unspecified atom stereocenters. The Balaban J connectivity index is 1.60. The molecule has 0 bridgehead atoms.